The predicted molar refractivity (Wildman–Crippen MR) is 81.8 cm³/mol. The van der Waals surface area contributed by atoms with Crippen LogP contribution in [0.15, 0.2) is 42.7 Å². The minimum Gasteiger partial charge on any atom is -0.352 e. The van der Waals surface area contributed by atoms with E-state index in [-0.39, 0.29) is 0 Å². The van der Waals surface area contributed by atoms with Gasteiger partial charge in [-0.2, -0.15) is 5.26 Å². The van der Waals surface area contributed by atoms with E-state index in [1.54, 1.807) is 6.20 Å². The number of rotatable bonds is 3. The van der Waals surface area contributed by atoms with Gasteiger partial charge in [-0.25, -0.2) is 9.97 Å². The van der Waals surface area contributed by atoms with Crippen LogP contribution in [0.4, 0.5) is 5.82 Å². The number of nitrogens with zero attached hydrogens (tertiary/aromatic N) is 5. The number of para-hydroxylation sites is 1. The van der Waals surface area contributed by atoms with Crippen molar-refractivity contribution in [1.29, 1.82) is 5.26 Å². The van der Waals surface area contributed by atoms with Gasteiger partial charge in [0.05, 0.1) is 23.7 Å². The lowest BCUT2D eigenvalue weighted by Gasteiger charge is -2.18. The van der Waals surface area contributed by atoms with E-state index >= 15 is 0 Å². The number of benzene rings is 1. The zero-order chi connectivity index (χ0) is 14.8. The highest BCUT2D eigenvalue weighted by molar-refractivity contribution is 5.86. The first kappa shape index (κ1) is 13.1. The minimum absolute atomic E-state index is 0.639. The first-order chi connectivity index (χ1) is 10.2. The molecule has 0 aliphatic heterocycles. The fraction of sp³-hybridized carbons (Fsp3) is 0.188. The van der Waals surface area contributed by atoms with Crippen molar-refractivity contribution in [1.82, 2.24) is 14.5 Å². The largest absolute Gasteiger partial charge is 0.352 e. The maximum atomic E-state index is 9.33. The standard InChI is InChI=1S/C16H15N5/c1-20-8-7-18-16(20)11-21(2)15-9-12(10-17)13-5-3-4-6-14(13)19-15/h3-9H,11H2,1-2H3. The van der Waals surface area contributed by atoms with Crippen LogP contribution < -0.4 is 4.90 Å². The molecule has 3 rings (SSSR count). The molecular formula is C16H15N5. The Kier molecular flexibility index (Phi) is 3.28. The highest BCUT2D eigenvalue weighted by Gasteiger charge is 2.10. The third-order valence-corrected chi connectivity index (χ3v) is 3.51. The number of fused-ring (bicyclic) bond motifs is 1. The van der Waals surface area contributed by atoms with Gasteiger partial charge < -0.3 is 9.47 Å². The summed E-state index contributed by atoms with van der Waals surface area (Å²) in [6.07, 6.45) is 3.69. The van der Waals surface area contributed by atoms with E-state index in [4.69, 9.17) is 0 Å². The molecule has 2 aromatic heterocycles. The molecular weight excluding hydrogens is 262 g/mol. The smallest absolute Gasteiger partial charge is 0.130 e. The lowest BCUT2D eigenvalue weighted by molar-refractivity contribution is 0.756. The van der Waals surface area contributed by atoms with Crippen LogP contribution in [-0.2, 0) is 13.6 Å². The molecule has 0 atom stereocenters. The minimum atomic E-state index is 0.639. The number of aromatic nitrogens is 3. The highest BCUT2D eigenvalue weighted by atomic mass is 15.2. The Labute approximate surface area is 123 Å². The van der Waals surface area contributed by atoms with Crippen molar-refractivity contribution < 1.29 is 0 Å². The van der Waals surface area contributed by atoms with Gasteiger partial charge in [0, 0.05) is 31.9 Å². The summed E-state index contributed by atoms with van der Waals surface area (Å²) in [4.78, 5) is 10.9. The number of anilines is 1. The maximum absolute atomic E-state index is 9.33. The van der Waals surface area contributed by atoms with Crippen molar-refractivity contribution in [2.45, 2.75) is 6.54 Å². The van der Waals surface area contributed by atoms with Gasteiger partial charge in [0.1, 0.15) is 11.6 Å². The molecule has 0 amide bonds. The lowest BCUT2D eigenvalue weighted by atomic mass is 10.1. The maximum Gasteiger partial charge on any atom is 0.130 e. The predicted octanol–water partition coefficient (Wildman–Crippen LogP) is 2.48. The monoisotopic (exact) mass is 277 g/mol. The molecule has 0 unspecified atom stereocenters. The molecule has 0 bridgehead atoms. The first-order valence-corrected chi connectivity index (χ1v) is 6.66. The highest BCUT2D eigenvalue weighted by Crippen LogP contribution is 2.22. The zero-order valence-electron chi connectivity index (χ0n) is 12.0. The molecule has 5 heteroatoms. The summed E-state index contributed by atoms with van der Waals surface area (Å²) in [5, 5.41) is 10.2. The molecule has 0 N–H and O–H groups in total. The van der Waals surface area contributed by atoms with E-state index < -0.39 is 0 Å². The molecule has 21 heavy (non-hydrogen) atoms. The second kappa shape index (κ2) is 5.25. The van der Waals surface area contributed by atoms with Gasteiger partial charge in [0.25, 0.3) is 0 Å². The summed E-state index contributed by atoms with van der Waals surface area (Å²) in [6, 6.07) is 11.8. The van der Waals surface area contributed by atoms with Crippen molar-refractivity contribution in [3.63, 3.8) is 0 Å². The van der Waals surface area contributed by atoms with Crippen LogP contribution in [0.25, 0.3) is 10.9 Å². The molecule has 3 aromatic rings. The number of pyridine rings is 1. The molecule has 0 saturated carbocycles. The Hall–Kier alpha value is -2.87. The van der Waals surface area contributed by atoms with Gasteiger partial charge in [-0.15, -0.1) is 0 Å². The van der Waals surface area contributed by atoms with Crippen LogP contribution >= 0.6 is 0 Å². The van der Waals surface area contributed by atoms with Crippen LogP contribution in [0.2, 0.25) is 0 Å². The van der Waals surface area contributed by atoms with Crippen molar-refractivity contribution in [2.24, 2.45) is 7.05 Å². The fourth-order valence-electron chi connectivity index (χ4n) is 2.29. The molecule has 0 radical (unpaired) electrons. The molecule has 0 fully saturated rings. The molecule has 0 saturated heterocycles. The summed E-state index contributed by atoms with van der Waals surface area (Å²) in [6.45, 7) is 0.639. The van der Waals surface area contributed by atoms with E-state index in [1.807, 2.05) is 60.1 Å². The molecule has 104 valence electrons. The number of aryl methyl sites for hydroxylation is 1. The van der Waals surface area contributed by atoms with Crippen molar-refractivity contribution in [3.8, 4) is 6.07 Å². The third-order valence-electron chi connectivity index (χ3n) is 3.51. The van der Waals surface area contributed by atoms with E-state index in [0.717, 1.165) is 22.5 Å². The van der Waals surface area contributed by atoms with Crippen molar-refractivity contribution in [2.75, 3.05) is 11.9 Å². The fourth-order valence-corrected chi connectivity index (χ4v) is 2.29. The summed E-state index contributed by atoms with van der Waals surface area (Å²) in [5.41, 5.74) is 1.47. The van der Waals surface area contributed by atoms with Crippen LogP contribution in [0.5, 0.6) is 0 Å². The van der Waals surface area contributed by atoms with Crippen LogP contribution in [0.1, 0.15) is 11.4 Å². The summed E-state index contributed by atoms with van der Waals surface area (Å²) in [5.74, 6) is 1.72. The normalized spacial score (nSPS) is 10.5. The molecule has 5 nitrogen and oxygen atoms in total. The second-order valence-corrected chi connectivity index (χ2v) is 4.97. The van der Waals surface area contributed by atoms with Gasteiger partial charge in [0.2, 0.25) is 0 Å². The average molecular weight is 277 g/mol. The molecule has 0 aliphatic rings. The lowest BCUT2D eigenvalue weighted by Crippen LogP contribution is -2.20. The second-order valence-electron chi connectivity index (χ2n) is 4.97. The van der Waals surface area contributed by atoms with Crippen molar-refractivity contribution in [3.05, 3.63) is 54.1 Å². The Morgan fingerprint density at radius 1 is 1.33 bits per heavy atom. The summed E-state index contributed by atoms with van der Waals surface area (Å²) < 4.78 is 1.97. The van der Waals surface area contributed by atoms with Crippen molar-refractivity contribution >= 4 is 16.7 Å². The number of hydrogen-bond donors (Lipinski definition) is 0. The van der Waals surface area contributed by atoms with Crippen LogP contribution in [0.3, 0.4) is 0 Å². The number of hydrogen-bond acceptors (Lipinski definition) is 4. The number of nitriles is 1. The molecule has 1 aromatic carbocycles. The Morgan fingerprint density at radius 2 is 2.14 bits per heavy atom. The number of imidazole rings is 1. The Bertz CT molecular complexity index is 828. The quantitative estimate of drug-likeness (QED) is 0.738. The van der Waals surface area contributed by atoms with Gasteiger partial charge >= 0.3 is 0 Å². The van der Waals surface area contributed by atoms with Gasteiger partial charge in [-0.05, 0) is 12.1 Å². The Morgan fingerprint density at radius 3 is 2.86 bits per heavy atom. The van der Waals surface area contributed by atoms with Gasteiger partial charge in [-0.3, -0.25) is 0 Å². The third kappa shape index (κ3) is 2.43. The SMILES string of the molecule is CN(Cc1nccn1C)c1cc(C#N)c2ccccc2n1. The molecule has 0 aliphatic carbocycles. The summed E-state index contributed by atoms with van der Waals surface area (Å²) in [7, 11) is 3.91. The zero-order valence-corrected chi connectivity index (χ0v) is 12.0. The van der Waals surface area contributed by atoms with E-state index in [9.17, 15) is 5.26 Å². The topological polar surface area (TPSA) is 57.7 Å². The molecule has 2 heterocycles. The van der Waals surface area contributed by atoms with Crippen LogP contribution in [0, 0.1) is 11.3 Å². The van der Waals surface area contributed by atoms with Crippen LogP contribution in [-0.4, -0.2) is 21.6 Å². The van der Waals surface area contributed by atoms with Gasteiger partial charge in [0.15, 0.2) is 0 Å². The molecule has 0 spiro atoms. The van der Waals surface area contributed by atoms with E-state index in [0.29, 0.717) is 12.1 Å². The Balaban J connectivity index is 2.00. The van der Waals surface area contributed by atoms with E-state index in [1.165, 1.54) is 0 Å². The van der Waals surface area contributed by atoms with E-state index in [2.05, 4.69) is 16.0 Å². The first-order valence-electron chi connectivity index (χ1n) is 6.66. The summed E-state index contributed by atoms with van der Waals surface area (Å²) >= 11 is 0. The average Bonchev–Trinajstić information content (AvgIpc) is 2.91. The van der Waals surface area contributed by atoms with Gasteiger partial charge in [-0.1, -0.05) is 18.2 Å².